The Kier molecular flexibility index (Phi) is 2.09. The van der Waals surface area contributed by atoms with Crippen molar-refractivity contribution in [1.29, 1.82) is 0 Å². The molecule has 1 heterocycles. The summed E-state index contributed by atoms with van der Waals surface area (Å²) in [6, 6.07) is 1.38. The van der Waals surface area contributed by atoms with Crippen molar-refractivity contribution in [3.63, 3.8) is 0 Å². The van der Waals surface area contributed by atoms with Gasteiger partial charge in [0, 0.05) is 25.2 Å². The van der Waals surface area contributed by atoms with Gasteiger partial charge in [-0.15, -0.1) is 0 Å². The maximum absolute atomic E-state index is 3.42. The van der Waals surface area contributed by atoms with Crippen molar-refractivity contribution in [3.05, 3.63) is 0 Å². The topological polar surface area (TPSA) is 15.3 Å². The van der Waals surface area contributed by atoms with Gasteiger partial charge in [-0.3, -0.25) is 0 Å². The molecular formula is C7H16N2. The maximum Gasteiger partial charge on any atom is 0.0190 e. The number of piperazine rings is 1. The summed E-state index contributed by atoms with van der Waals surface area (Å²) in [5, 5.41) is 3.42. The first-order chi connectivity index (χ1) is 4.20. The molecule has 9 heavy (non-hydrogen) atoms. The van der Waals surface area contributed by atoms with Crippen LogP contribution in [0, 0.1) is 0 Å². The minimum absolute atomic E-state index is 0.672. The van der Waals surface area contributed by atoms with Crippen LogP contribution < -0.4 is 5.32 Å². The Balaban J connectivity index is 2.35. The van der Waals surface area contributed by atoms with Gasteiger partial charge < -0.3 is 10.2 Å². The highest BCUT2D eigenvalue weighted by Gasteiger charge is 2.17. The molecule has 2 nitrogen and oxygen atoms in total. The average Bonchev–Trinajstić information content (AvgIpc) is 1.80. The summed E-state index contributed by atoms with van der Waals surface area (Å²) in [7, 11) is 2.18. The standard InChI is InChI=1S/C7H16N2/c1-6-5-9(3)7(2)4-8-6/h6-8H,4-5H2,1-3H3/t6-,7?/m0/s1. The van der Waals surface area contributed by atoms with Crippen LogP contribution in [0.2, 0.25) is 0 Å². The van der Waals surface area contributed by atoms with Crippen molar-refractivity contribution < 1.29 is 0 Å². The minimum atomic E-state index is 0.672. The second-order valence-electron chi connectivity index (χ2n) is 3.10. The number of rotatable bonds is 0. The van der Waals surface area contributed by atoms with Crippen molar-refractivity contribution in [3.8, 4) is 0 Å². The van der Waals surface area contributed by atoms with E-state index in [0.29, 0.717) is 12.1 Å². The first kappa shape index (κ1) is 7.03. The molecule has 54 valence electrons. The van der Waals surface area contributed by atoms with E-state index in [1.165, 1.54) is 6.54 Å². The zero-order valence-electron chi connectivity index (χ0n) is 6.52. The molecule has 1 rings (SSSR count). The molecule has 1 aliphatic heterocycles. The van der Waals surface area contributed by atoms with Crippen LogP contribution in [0.3, 0.4) is 0 Å². The lowest BCUT2D eigenvalue weighted by Gasteiger charge is -2.34. The van der Waals surface area contributed by atoms with Gasteiger partial charge in [0.15, 0.2) is 0 Å². The average molecular weight is 128 g/mol. The summed E-state index contributed by atoms with van der Waals surface area (Å²) in [5.74, 6) is 0. The molecule has 0 amide bonds. The Morgan fingerprint density at radius 2 is 2.11 bits per heavy atom. The highest BCUT2D eigenvalue weighted by molar-refractivity contribution is 4.78. The summed E-state index contributed by atoms with van der Waals surface area (Å²) < 4.78 is 0. The fourth-order valence-electron chi connectivity index (χ4n) is 1.20. The van der Waals surface area contributed by atoms with Gasteiger partial charge in [-0.25, -0.2) is 0 Å². The van der Waals surface area contributed by atoms with Crippen LogP contribution >= 0.6 is 0 Å². The highest BCUT2D eigenvalue weighted by Crippen LogP contribution is 2.01. The molecule has 0 aromatic carbocycles. The lowest BCUT2D eigenvalue weighted by Crippen LogP contribution is -2.52. The molecule has 2 atom stereocenters. The molecule has 0 spiro atoms. The maximum atomic E-state index is 3.42. The summed E-state index contributed by atoms with van der Waals surface area (Å²) in [5.41, 5.74) is 0. The predicted octanol–water partition coefficient (Wildman–Crippen LogP) is 0.298. The van der Waals surface area contributed by atoms with Crippen molar-refractivity contribution in [2.45, 2.75) is 25.9 Å². The molecule has 1 aliphatic rings. The van der Waals surface area contributed by atoms with E-state index in [-0.39, 0.29) is 0 Å². The number of hydrogen-bond donors (Lipinski definition) is 1. The van der Waals surface area contributed by atoms with Gasteiger partial charge >= 0.3 is 0 Å². The molecule has 0 aliphatic carbocycles. The molecule has 1 N–H and O–H groups in total. The quantitative estimate of drug-likeness (QED) is 0.504. The van der Waals surface area contributed by atoms with Crippen LogP contribution in [-0.4, -0.2) is 37.1 Å². The van der Waals surface area contributed by atoms with Crippen molar-refractivity contribution in [2.24, 2.45) is 0 Å². The zero-order chi connectivity index (χ0) is 6.85. The van der Waals surface area contributed by atoms with Gasteiger partial charge in [0.05, 0.1) is 0 Å². The van der Waals surface area contributed by atoms with E-state index in [1.807, 2.05) is 0 Å². The Hall–Kier alpha value is -0.0800. The Morgan fingerprint density at radius 3 is 2.56 bits per heavy atom. The molecule has 0 radical (unpaired) electrons. The van der Waals surface area contributed by atoms with Gasteiger partial charge in [0.2, 0.25) is 0 Å². The first-order valence-corrected chi connectivity index (χ1v) is 3.64. The first-order valence-electron chi connectivity index (χ1n) is 3.64. The second kappa shape index (κ2) is 2.67. The van der Waals surface area contributed by atoms with E-state index in [2.05, 4.69) is 31.1 Å². The Labute approximate surface area is 57.2 Å². The number of likely N-dealkylation sites (N-methyl/N-ethyl adjacent to an activating group) is 1. The smallest absolute Gasteiger partial charge is 0.0190 e. The Bertz CT molecular complexity index is 92.9. The highest BCUT2D eigenvalue weighted by atomic mass is 15.2. The SMILES string of the molecule is CC1CN[C@@H](C)CN1C. The molecular weight excluding hydrogens is 112 g/mol. The zero-order valence-corrected chi connectivity index (χ0v) is 6.52. The van der Waals surface area contributed by atoms with Crippen molar-refractivity contribution in [2.75, 3.05) is 20.1 Å². The third kappa shape index (κ3) is 1.66. The summed E-state index contributed by atoms with van der Waals surface area (Å²) in [6.07, 6.45) is 0. The largest absolute Gasteiger partial charge is 0.311 e. The van der Waals surface area contributed by atoms with E-state index < -0.39 is 0 Å². The summed E-state index contributed by atoms with van der Waals surface area (Å²) >= 11 is 0. The van der Waals surface area contributed by atoms with Crippen LogP contribution in [-0.2, 0) is 0 Å². The number of nitrogens with one attached hydrogen (secondary N) is 1. The number of hydrogen-bond acceptors (Lipinski definition) is 2. The third-order valence-corrected chi connectivity index (χ3v) is 2.08. The van der Waals surface area contributed by atoms with E-state index in [9.17, 15) is 0 Å². The van der Waals surface area contributed by atoms with Crippen molar-refractivity contribution >= 4 is 0 Å². The normalized spacial score (nSPS) is 39.0. The fourth-order valence-corrected chi connectivity index (χ4v) is 1.20. The molecule has 2 heteroatoms. The van der Waals surface area contributed by atoms with Gasteiger partial charge in [-0.1, -0.05) is 0 Å². The van der Waals surface area contributed by atoms with Crippen LogP contribution in [0.5, 0.6) is 0 Å². The van der Waals surface area contributed by atoms with Gasteiger partial charge in [0.25, 0.3) is 0 Å². The monoisotopic (exact) mass is 128 g/mol. The summed E-state index contributed by atoms with van der Waals surface area (Å²) in [6.45, 7) is 6.79. The van der Waals surface area contributed by atoms with Crippen LogP contribution in [0.15, 0.2) is 0 Å². The summed E-state index contributed by atoms with van der Waals surface area (Å²) in [4.78, 5) is 2.39. The molecule has 0 aromatic rings. The van der Waals surface area contributed by atoms with Gasteiger partial charge in [-0.05, 0) is 20.9 Å². The number of nitrogens with zero attached hydrogens (tertiary/aromatic N) is 1. The fraction of sp³-hybridized carbons (Fsp3) is 1.00. The molecule has 0 saturated carbocycles. The van der Waals surface area contributed by atoms with Gasteiger partial charge in [0.1, 0.15) is 0 Å². The van der Waals surface area contributed by atoms with Crippen LogP contribution in [0.1, 0.15) is 13.8 Å². The molecule has 1 fully saturated rings. The second-order valence-corrected chi connectivity index (χ2v) is 3.10. The lowest BCUT2D eigenvalue weighted by molar-refractivity contribution is 0.182. The Morgan fingerprint density at radius 1 is 1.44 bits per heavy atom. The molecule has 0 bridgehead atoms. The molecule has 1 saturated heterocycles. The van der Waals surface area contributed by atoms with E-state index in [0.717, 1.165) is 6.54 Å². The van der Waals surface area contributed by atoms with Crippen molar-refractivity contribution in [1.82, 2.24) is 10.2 Å². The van der Waals surface area contributed by atoms with E-state index in [1.54, 1.807) is 0 Å². The molecule has 1 unspecified atom stereocenters. The third-order valence-electron chi connectivity index (χ3n) is 2.08. The van der Waals surface area contributed by atoms with E-state index >= 15 is 0 Å². The van der Waals surface area contributed by atoms with E-state index in [4.69, 9.17) is 0 Å². The van der Waals surface area contributed by atoms with Crippen LogP contribution in [0.25, 0.3) is 0 Å². The predicted molar refractivity (Wildman–Crippen MR) is 39.6 cm³/mol. The minimum Gasteiger partial charge on any atom is -0.311 e. The lowest BCUT2D eigenvalue weighted by atomic mass is 10.2. The van der Waals surface area contributed by atoms with Gasteiger partial charge in [-0.2, -0.15) is 0 Å². The van der Waals surface area contributed by atoms with Crippen LogP contribution in [0.4, 0.5) is 0 Å². The molecule has 0 aromatic heterocycles.